The molecule has 7 heteroatoms. The van der Waals surface area contributed by atoms with E-state index >= 15 is 0 Å². The summed E-state index contributed by atoms with van der Waals surface area (Å²) in [5, 5.41) is 6.90. The van der Waals surface area contributed by atoms with Crippen LogP contribution in [0.4, 0.5) is 5.69 Å². The number of aryl methyl sites for hydroxylation is 1. The molecular formula is C14H20N6O. The van der Waals surface area contributed by atoms with Crippen molar-refractivity contribution in [3.63, 3.8) is 0 Å². The van der Waals surface area contributed by atoms with E-state index in [1.54, 1.807) is 10.9 Å². The molecule has 0 aliphatic heterocycles. The molecule has 2 heterocycles. The smallest absolute Gasteiger partial charge is 0.272 e. The number of aromatic nitrogens is 4. The molecule has 7 nitrogen and oxygen atoms in total. The van der Waals surface area contributed by atoms with Crippen LogP contribution in [-0.2, 0) is 13.5 Å². The first kappa shape index (κ1) is 15.0. The summed E-state index contributed by atoms with van der Waals surface area (Å²) >= 11 is 0. The van der Waals surface area contributed by atoms with Crippen molar-refractivity contribution in [1.82, 2.24) is 25.1 Å². The van der Waals surface area contributed by atoms with Gasteiger partial charge >= 0.3 is 0 Å². The van der Waals surface area contributed by atoms with Gasteiger partial charge in [0.1, 0.15) is 5.82 Å². The van der Waals surface area contributed by atoms with Crippen LogP contribution >= 0.6 is 0 Å². The van der Waals surface area contributed by atoms with Gasteiger partial charge in [0.25, 0.3) is 5.91 Å². The molecule has 0 saturated heterocycles. The third kappa shape index (κ3) is 3.77. The maximum absolute atomic E-state index is 12.1. The van der Waals surface area contributed by atoms with Crippen molar-refractivity contribution in [2.24, 2.45) is 7.05 Å². The molecular weight excluding hydrogens is 268 g/mol. The van der Waals surface area contributed by atoms with Crippen LogP contribution in [0.3, 0.4) is 0 Å². The number of anilines is 1. The topological polar surface area (TPSA) is 98.7 Å². The Hall–Kier alpha value is -2.44. The highest BCUT2D eigenvalue weighted by Crippen LogP contribution is 2.13. The lowest BCUT2D eigenvalue weighted by molar-refractivity contribution is 0.0949. The summed E-state index contributed by atoms with van der Waals surface area (Å²) in [6.07, 6.45) is 5.89. The summed E-state index contributed by atoms with van der Waals surface area (Å²) in [7, 11) is 1.86. The van der Waals surface area contributed by atoms with Crippen LogP contribution in [0.1, 0.15) is 41.6 Å². The maximum Gasteiger partial charge on any atom is 0.272 e. The van der Waals surface area contributed by atoms with E-state index in [0.717, 1.165) is 5.56 Å². The van der Waals surface area contributed by atoms with Gasteiger partial charge in [-0.1, -0.05) is 13.8 Å². The Morgan fingerprint density at radius 2 is 2.19 bits per heavy atom. The number of carbonyl (C=O) groups excluding carboxylic acids is 1. The molecule has 112 valence electrons. The second-order valence-electron chi connectivity index (χ2n) is 5.22. The van der Waals surface area contributed by atoms with Gasteiger partial charge in [0.05, 0.1) is 18.1 Å². The van der Waals surface area contributed by atoms with Crippen molar-refractivity contribution in [3.05, 3.63) is 35.7 Å². The SMILES string of the molecule is CC(C)c1ncc(N)c(C(=O)NCCc2cnn(C)c2)n1. The maximum atomic E-state index is 12.1. The zero-order valence-electron chi connectivity index (χ0n) is 12.5. The molecule has 21 heavy (non-hydrogen) atoms. The molecule has 2 rings (SSSR count). The fourth-order valence-corrected chi connectivity index (χ4v) is 1.87. The van der Waals surface area contributed by atoms with Gasteiger partial charge in [0.15, 0.2) is 5.69 Å². The molecule has 0 aliphatic carbocycles. The first-order chi connectivity index (χ1) is 9.97. The van der Waals surface area contributed by atoms with Gasteiger partial charge in [-0.05, 0) is 12.0 Å². The van der Waals surface area contributed by atoms with Crippen LogP contribution in [0.5, 0.6) is 0 Å². The number of nitrogens with two attached hydrogens (primary N) is 1. The number of amides is 1. The van der Waals surface area contributed by atoms with E-state index in [2.05, 4.69) is 20.4 Å². The molecule has 0 bridgehead atoms. The highest BCUT2D eigenvalue weighted by Gasteiger charge is 2.14. The van der Waals surface area contributed by atoms with Gasteiger partial charge in [-0.25, -0.2) is 9.97 Å². The van der Waals surface area contributed by atoms with Gasteiger partial charge in [0, 0.05) is 25.7 Å². The second kappa shape index (κ2) is 6.34. The predicted molar refractivity (Wildman–Crippen MR) is 79.8 cm³/mol. The Morgan fingerprint density at radius 3 is 2.81 bits per heavy atom. The zero-order valence-corrected chi connectivity index (χ0v) is 12.5. The van der Waals surface area contributed by atoms with Crippen molar-refractivity contribution in [3.8, 4) is 0 Å². The summed E-state index contributed by atoms with van der Waals surface area (Å²) in [4.78, 5) is 20.5. The average Bonchev–Trinajstić information content (AvgIpc) is 2.84. The summed E-state index contributed by atoms with van der Waals surface area (Å²) in [5.74, 6) is 0.481. The van der Waals surface area contributed by atoms with Crippen molar-refractivity contribution < 1.29 is 4.79 Å². The van der Waals surface area contributed by atoms with Gasteiger partial charge in [-0.3, -0.25) is 9.48 Å². The van der Waals surface area contributed by atoms with E-state index in [4.69, 9.17) is 5.73 Å². The normalized spacial score (nSPS) is 10.9. The van der Waals surface area contributed by atoms with Crippen molar-refractivity contribution in [1.29, 1.82) is 0 Å². The summed E-state index contributed by atoms with van der Waals surface area (Å²) in [6.45, 7) is 4.44. The first-order valence-corrected chi connectivity index (χ1v) is 6.85. The van der Waals surface area contributed by atoms with Crippen LogP contribution in [0.15, 0.2) is 18.6 Å². The number of nitrogens with zero attached hydrogens (tertiary/aromatic N) is 4. The second-order valence-corrected chi connectivity index (χ2v) is 5.22. The molecule has 0 aliphatic rings. The fourth-order valence-electron chi connectivity index (χ4n) is 1.87. The standard InChI is InChI=1S/C14H20N6O/c1-9(2)13-17-7-11(15)12(19-13)14(21)16-5-4-10-6-18-20(3)8-10/h6-9H,4-5,15H2,1-3H3,(H,16,21). The number of nitrogens with one attached hydrogen (secondary N) is 1. The number of hydrogen-bond acceptors (Lipinski definition) is 5. The van der Waals surface area contributed by atoms with E-state index < -0.39 is 0 Å². The quantitative estimate of drug-likeness (QED) is 0.851. The average molecular weight is 288 g/mol. The number of rotatable bonds is 5. The molecule has 0 atom stereocenters. The van der Waals surface area contributed by atoms with Crippen molar-refractivity contribution in [2.45, 2.75) is 26.2 Å². The lowest BCUT2D eigenvalue weighted by Gasteiger charge is -2.09. The van der Waals surface area contributed by atoms with E-state index in [1.807, 2.05) is 27.1 Å². The lowest BCUT2D eigenvalue weighted by atomic mass is 10.2. The van der Waals surface area contributed by atoms with Crippen LogP contribution < -0.4 is 11.1 Å². The van der Waals surface area contributed by atoms with Gasteiger partial charge < -0.3 is 11.1 Å². The van der Waals surface area contributed by atoms with E-state index in [1.165, 1.54) is 6.20 Å². The third-order valence-corrected chi connectivity index (χ3v) is 3.02. The highest BCUT2D eigenvalue weighted by atomic mass is 16.1. The third-order valence-electron chi connectivity index (χ3n) is 3.02. The summed E-state index contributed by atoms with van der Waals surface area (Å²) < 4.78 is 1.73. The molecule has 0 radical (unpaired) electrons. The van der Waals surface area contributed by atoms with Crippen LogP contribution in [0.2, 0.25) is 0 Å². The van der Waals surface area contributed by atoms with Crippen molar-refractivity contribution in [2.75, 3.05) is 12.3 Å². The Labute approximate surface area is 123 Å². The molecule has 0 aromatic carbocycles. The van der Waals surface area contributed by atoms with Crippen molar-refractivity contribution >= 4 is 11.6 Å². The number of nitrogen functional groups attached to an aromatic ring is 1. The Bertz CT molecular complexity index is 634. The van der Waals surface area contributed by atoms with E-state index in [9.17, 15) is 4.79 Å². The van der Waals surface area contributed by atoms with Crippen LogP contribution in [-0.4, -0.2) is 32.2 Å². The fraction of sp³-hybridized carbons (Fsp3) is 0.429. The zero-order chi connectivity index (χ0) is 15.4. The molecule has 2 aromatic rings. The van der Waals surface area contributed by atoms with Gasteiger partial charge in [-0.2, -0.15) is 5.10 Å². The van der Waals surface area contributed by atoms with Gasteiger partial charge in [0.2, 0.25) is 0 Å². The van der Waals surface area contributed by atoms with E-state index in [0.29, 0.717) is 24.5 Å². The monoisotopic (exact) mass is 288 g/mol. The number of hydrogen-bond donors (Lipinski definition) is 2. The Kier molecular flexibility index (Phi) is 4.52. The minimum atomic E-state index is -0.277. The van der Waals surface area contributed by atoms with Crippen LogP contribution in [0, 0.1) is 0 Å². The van der Waals surface area contributed by atoms with E-state index in [-0.39, 0.29) is 17.5 Å². The number of carbonyl (C=O) groups is 1. The first-order valence-electron chi connectivity index (χ1n) is 6.85. The van der Waals surface area contributed by atoms with Crippen LogP contribution in [0.25, 0.3) is 0 Å². The lowest BCUT2D eigenvalue weighted by Crippen LogP contribution is -2.28. The minimum absolute atomic E-state index is 0.146. The summed E-state index contributed by atoms with van der Waals surface area (Å²) in [6, 6.07) is 0. The molecule has 0 unspecified atom stereocenters. The predicted octanol–water partition coefficient (Wildman–Crippen LogP) is 0.888. The molecule has 0 fully saturated rings. The molecule has 2 aromatic heterocycles. The van der Waals surface area contributed by atoms with Gasteiger partial charge in [-0.15, -0.1) is 0 Å². The molecule has 0 saturated carbocycles. The largest absolute Gasteiger partial charge is 0.396 e. The summed E-state index contributed by atoms with van der Waals surface area (Å²) in [5.41, 5.74) is 7.37. The Balaban J connectivity index is 1.98. The molecule has 3 N–H and O–H groups in total. The molecule has 1 amide bonds. The minimum Gasteiger partial charge on any atom is -0.396 e. The highest BCUT2D eigenvalue weighted by molar-refractivity contribution is 5.96. The molecule has 0 spiro atoms. The Morgan fingerprint density at radius 1 is 1.43 bits per heavy atom.